The number of hydrogen-bond acceptors (Lipinski definition) is 7. The minimum atomic E-state index is -0.662. The van der Waals surface area contributed by atoms with Gasteiger partial charge >= 0.3 is 5.97 Å². The predicted octanol–water partition coefficient (Wildman–Crippen LogP) is 6.98. The lowest BCUT2D eigenvalue weighted by molar-refractivity contribution is -0.0589. The van der Waals surface area contributed by atoms with Gasteiger partial charge in [0.25, 0.3) is 5.19 Å². The van der Waals surface area contributed by atoms with Crippen LogP contribution in [0.25, 0.3) is 22.3 Å². The van der Waals surface area contributed by atoms with Crippen LogP contribution in [0.3, 0.4) is 0 Å². The fourth-order valence-corrected chi connectivity index (χ4v) is 5.53. The van der Waals surface area contributed by atoms with E-state index in [1.807, 2.05) is 4.57 Å². The highest BCUT2D eigenvalue weighted by atomic mass is 35.5. The lowest BCUT2D eigenvalue weighted by Crippen LogP contribution is -2.31. The summed E-state index contributed by atoms with van der Waals surface area (Å²) in [6, 6.07) is 11.5. The predicted molar refractivity (Wildman–Crippen MR) is 151 cm³/mol. The number of rotatable bonds is 9. The average molecular weight is 614 g/mol. The number of nitrogens with zero attached hydrogens (tertiary/aromatic N) is 3. The molecule has 0 unspecified atom stereocenters. The molecule has 1 atom stereocenters. The summed E-state index contributed by atoms with van der Waals surface area (Å²) >= 11 is 6.87. The number of aromatic nitrogens is 3. The summed E-state index contributed by atoms with van der Waals surface area (Å²) in [5, 5.41) is 2.00. The number of hydrogen-bond donors (Lipinski definition) is 0. The molecule has 1 saturated heterocycles. The quantitative estimate of drug-likeness (QED) is 0.167. The Morgan fingerprint density at radius 1 is 1.07 bits per heavy atom. The van der Waals surface area contributed by atoms with Crippen LogP contribution in [0.5, 0.6) is 5.19 Å². The first-order valence-corrected chi connectivity index (χ1v) is 14.2. The summed E-state index contributed by atoms with van der Waals surface area (Å²) in [5.74, 6) is -1.78. The molecule has 3 heterocycles. The first-order chi connectivity index (χ1) is 20.3. The lowest BCUT2D eigenvalue weighted by atomic mass is 10.1. The zero-order chi connectivity index (χ0) is 29.4. The Morgan fingerprint density at radius 2 is 1.88 bits per heavy atom. The molecule has 216 valence electrons. The second-order valence-corrected chi connectivity index (χ2v) is 11.0. The Morgan fingerprint density at radius 3 is 2.62 bits per heavy atom. The number of imidazole rings is 1. The van der Waals surface area contributed by atoms with Gasteiger partial charge in [0.15, 0.2) is 0 Å². The lowest BCUT2D eigenvalue weighted by Gasteiger charge is -2.27. The van der Waals surface area contributed by atoms with Gasteiger partial charge in [0.2, 0.25) is 0 Å². The largest absolute Gasteiger partial charge is 0.465 e. The van der Waals surface area contributed by atoms with Crippen molar-refractivity contribution < 1.29 is 32.2 Å². The zero-order valence-electron chi connectivity index (χ0n) is 22.2. The maximum atomic E-state index is 15.4. The fourth-order valence-electron chi connectivity index (χ4n) is 4.70. The van der Waals surface area contributed by atoms with E-state index in [0.717, 1.165) is 29.9 Å². The number of halogens is 4. The molecule has 7 nitrogen and oxygen atoms in total. The first kappa shape index (κ1) is 28.2. The average Bonchev–Trinajstić information content (AvgIpc) is 3.55. The SMILES string of the molecule is COC(=O)c1ccc2nc(Cc3cc(F)c(-c4csc(OCc5ccc(Cl)cc5F)n4)cc3F)n(C[C@@H]3CCO3)c2c1. The minimum absolute atomic E-state index is 0.00999. The van der Waals surface area contributed by atoms with E-state index in [2.05, 4.69) is 9.97 Å². The summed E-state index contributed by atoms with van der Waals surface area (Å²) in [4.78, 5) is 21.0. The second kappa shape index (κ2) is 11.7. The van der Waals surface area contributed by atoms with Gasteiger partial charge in [-0.2, -0.15) is 0 Å². The van der Waals surface area contributed by atoms with E-state index < -0.39 is 23.4 Å². The van der Waals surface area contributed by atoms with Gasteiger partial charge in [-0.15, -0.1) is 0 Å². The van der Waals surface area contributed by atoms with Gasteiger partial charge in [-0.3, -0.25) is 0 Å². The van der Waals surface area contributed by atoms with E-state index in [1.54, 1.807) is 29.6 Å². The third-order valence-corrected chi connectivity index (χ3v) is 8.02. The van der Waals surface area contributed by atoms with Gasteiger partial charge in [0.1, 0.15) is 29.9 Å². The smallest absolute Gasteiger partial charge is 0.337 e. The van der Waals surface area contributed by atoms with Crippen LogP contribution >= 0.6 is 22.9 Å². The Kier molecular flexibility index (Phi) is 7.89. The van der Waals surface area contributed by atoms with Crippen LogP contribution in [0, 0.1) is 17.5 Å². The highest BCUT2D eigenvalue weighted by Crippen LogP contribution is 2.32. The molecule has 0 spiro atoms. The van der Waals surface area contributed by atoms with Crippen LogP contribution < -0.4 is 4.74 Å². The van der Waals surface area contributed by atoms with Crippen molar-refractivity contribution in [3.05, 3.63) is 98.9 Å². The molecule has 1 aliphatic heterocycles. The second-order valence-electron chi connectivity index (χ2n) is 9.74. The van der Waals surface area contributed by atoms with E-state index in [-0.39, 0.29) is 51.7 Å². The van der Waals surface area contributed by atoms with Crippen LogP contribution in [0.15, 0.2) is 53.9 Å². The van der Waals surface area contributed by atoms with Crippen molar-refractivity contribution in [2.75, 3.05) is 13.7 Å². The molecule has 0 saturated carbocycles. The molecule has 3 aromatic carbocycles. The third-order valence-electron chi connectivity index (χ3n) is 7.04. The molecular weight excluding hydrogens is 591 g/mol. The number of methoxy groups -OCH3 is 1. The molecule has 12 heteroatoms. The molecule has 0 amide bonds. The van der Waals surface area contributed by atoms with Gasteiger partial charge in [0.05, 0.1) is 42.0 Å². The third kappa shape index (κ3) is 5.72. The van der Waals surface area contributed by atoms with Crippen LogP contribution in [0.2, 0.25) is 5.02 Å². The van der Waals surface area contributed by atoms with E-state index in [9.17, 15) is 9.18 Å². The van der Waals surface area contributed by atoms with Gasteiger partial charge in [-0.25, -0.2) is 27.9 Å². The molecular formula is C30H23ClF3N3O4S. The van der Waals surface area contributed by atoms with Crippen molar-refractivity contribution >= 4 is 39.9 Å². The number of ether oxygens (including phenoxy) is 3. The van der Waals surface area contributed by atoms with Crippen molar-refractivity contribution in [3.63, 3.8) is 0 Å². The molecule has 1 fully saturated rings. The first-order valence-electron chi connectivity index (χ1n) is 13.0. The summed E-state index contributed by atoms with van der Waals surface area (Å²) < 4.78 is 62.7. The number of thiazole rings is 1. The van der Waals surface area contributed by atoms with Crippen LogP contribution in [-0.2, 0) is 29.0 Å². The molecule has 0 radical (unpaired) electrons. The molecule has 42 heavy (non-hydrogen) atoms. The fraction of sp³-hybridized carbons (Fsp3) is 0.233. The topological polar surface area (TPSA) is 75.5 Å². The van der Waals surface area contributed by atoms with E-state index in [4.69, 9.17) is 25.8 Å². The number of benzene rings is 3. The van der Waals surface area contributed by atoms with Gasteiger partial charge in [0, 0.05) is 34.6 Å². The van der Waals surface area contributed by atoms with Crippen molar-refractivity contribution in [2.24, 2.45) is 0 Å². The molecule has 2 aromatic heterocycles. The van der Waals surface area contributed by atoms with E-state index in [1.165, 1.54) is 19.2 Å². The van der Waals surface area contributed by atoms with Crippen molar-refractivity contribution in [3.8, 4) is 16.5 Å². The van der Waals surface area contributed by atoms with Crippen molar-refractivity contribution in [1.82, 2.24) is 14.5 Å². The van der Waals surface area contributed by atoms with Gasteiger partial charge in [-0.1, -0.05) is 29.0 Å². The van der Waals surface area contributed by atoms with E-state index in [0.29, 0.717) is 35.6 Å². The minimum Gasteiger partial charge on any atom is -0.465 e. The highest BCUT2D eigenvalue weighted by Gasteiger charge is 2.24. The zero-order valence-corrected chi connectivity index (χ0v) is 23.8. The van der Waals surface area contributed by atoms with Crippen LogP contribution in [-0.4, -0.2) is 40.3 Å². The Bertz CT molecular complexity index is 1800. The molecule has 0 N–H and O–H groups in total. The summed E-state index contributed by atoms with van der Waals surface area (Å²) in [7, 11) is 1.31. The van der Waals surface area contributed by atoms with E-state index >= 15 is 8.78 Å². The molecule has 1 aliphatic rings. The molecule has 0 aliphatic carbocycles. The standard InChI is InChI=1S/C30H23ClF3N3O4S/c1-39-29(38)16-3-5-25-27(9-16)37(13-20-6-7-40-20)28(35-25)10-18-8-24(34)21(12-23(18)33)26-15-42-30(36-26)41-14-17-2-4-19(31)11-22(17)32/h2-5,8-9,11-12,15,20H,6-7,10,13-14H2,1H3/t20-/m0/s1. The maximum absolute atomic E-state index is 15.4. The Hall–Kier alpha value is -3.93. The Balaban J connectivity index is 1.25. The van der Waals surface area contributed by atoms with Crippen LogP contribution in [0.1, 0.15) is 33.7 Å². The van der Waals surface area contributed by atoms with Crippen LogP contribution in [0.4, 0.5) is 13.2 Å². The molecule has 0 bridgehead atoms. The summed E-state index contributed by atoms with van der Waals surface area (Å²) in [6.07, 6.45) is 0.835. The maximum Gasteiger partial charge on any atom is 0.337 e. The monoisotopic (exact) mass is 613 g/mol. The molecule has 6 rings (SSSR count). The summed E-state index contributed by atoms with van der Waals surface area (Å²) in [6.45, 7) is 1.02. The highest BCUT2D eigenvalue weighted by molar-refractivity contribution is 7.11. The number of esters is 1. The number of carbonyl (C=O) groups excluding carboxylic acids is 1. The Labute approximate surface area is 247 Å². The molecule has 5 aromatic rings. The van der Waals surface area contributed by atoms with Gasteiger partial charge < -0.3 is 18.8 Å². The number of carbonyl (C=O) groups is 1. The van der Waals surface area contributed by atoms with Crippen molar-refractivity contribution in [1.29, 1.82) is 0 Å². The number of fused-ring (bicyclic) bond motifs is 1. The normalized spacial score (nSPS) is 14.6. The summed E-state index contributed by atoms with van der Waals surface area (Å²) in [5.41, 5.74) is 2.21. The van der Waals surface area contributed by atoms with Crippen molar-refractivity contribution in [2.45, 2.75) is 32.1 Å². The van der Waals surface area contributed by atoms with Gasteiger partial charge in [-0.05, 0) is 54.4 Å².